The molecule has 4 rings (SSSR count). The predicted molar refractivity (Wildman–Crippen MR) is 111 cm³/mol. The first-order valence-corrected chi connectivity index (χ1v) is 10.5. The Morgan fingerprint density at radius 1 is 1.08 bits per heavy atom. The summed E-state index contributed by atoms with van der Waals surface area (Å²) in [6, 6.07) is 21.0. The number of rotatable bonds is 3. The first-order valence-electron chi connectivity index (χ1n) is 8.43. The molecule has 0 atom stereocenters. The van der Waals surface area contributed by atoms with Crippen LogP contribution in [0.1, 0.15) is 11.4 Å². The summed E-state index contributed by atoms with van der Waals surface area (Å²) in [6.07, 6.45) is 4.25. The van der Waals surface area contributed by atoms with E-state index in [2.05, 4.69) is 90.4 Å². The lowest BCUT2D eigenvalue weighted by molar-refractivity contribution is -0.647. The van der Waals surface area contributed by atoms with E-state index in [1.807, 2.05) is 6.07 Å². The van der Waals surface area contributed by atoms with Gasteiger partial charge in [0.25, 0.3) is 0 Å². The van der Waals surface area contributed by atoms with Crippen molar-refractivity contribution in [2.45, 2.75) is 17.0 Å². The van der Waals surface area contributed by atoms with Crippen molar-refractivity contribution >= 4 is 35.3 Å². The summed E-state index contributed by atoms with van der Waals surface area (Å²) in [4.78, 5) is 8.42. The van der Waals surface area contributed by atoms with Crippen LogP contribution in [0.3, 0.4) is 0 Å². The second-order valence-electron chi connectivity index (χ2n) is 6.09. The molecule has 0 aliphatic carbocycles. The van der Waals surface area contributed by atoms with Crippen LogP contribution in [0, 0.1) is 6.92 Å². The highest BCUT2D eigenvalue weighted by atomic mass is 32.2. The average Bonchev–Trinajstić information content (AvgIpc) is 2.98. The molecule has 0 saturated heterocycles. The summed E-state index contributed by atoms with van der Waals surface area (Å²) >= 11 is 3.46. The Labute approximate surface area is 162 Å². The molecule has 3 nitrogen and oxygen atoms in total. The molecule has 2 aromatic carbocycles. The highest BCUT2D eigenvalue weighted by Crippen LogP contribution is 2.45. The Hall–Kier alpha value is -2.24. The summed E-state index contributed by atoms with van der Waals surface area (Å²) in [5, 5.41) is 2.19. The third-order valence-electron chi connectivity index (χ3n) is 4.37. The van der Waals surface area contributed by atoms with Crippen LogP contribution in [0.4, 0.5) is 5.69 Å². The fourth-order valence-corrected chi connectivity index (χ4v) is 4.82. The monoisotopic (exact) mass is 378 g/mol. The molecule has 0 amide bonds. The van der Waals surface area contributed by atoms with E-state index < -0.39 is 0 Å². The molecule has 1 aliphatic rings. The van der Waals surface area contributed by atoms with Crippen LogP contribution in [0.15, 0.2) is 75.7 Å². The number of hydrogen-bond acceptors (Lipinski definition) is 4. The third kappa shape index (κ3) is 3.13. The number of aryl methyl sites for hydroxylation is 1. The van der Waals surface area contributed by atoms with Crippen LogP contribution < -0.4 is 9.47 Å². The summed E-state index contributed by atoms with van der Waals surface area (Å²) in [5.41, 5.74) is 4.55. The van der Waals surface area contributed by atoms with E-state index in [9.17, 15) is 0 Å². The van der Waals surface area contributed by atoms with E-state index in [0.717, 1.165) is 16.5 Å². The van der Waals surface area contributed by atoms with Gasteiger partial charge in [0.1, 0.15) is 11.4 Å². The lowest BCUT2D eigenvalue weighted by Gasteiger charge is -2.12. The molecule has 1 aliphatic heterocycles. The van der Waals surface area contributed by atoms with Gasteiger partial charge in [-0.25, -0.2) is 0 Å². The molecule has 0 bridgehead atoms. The van der Waals surface area contributed by atoms with E-state index in [1.165, 1.54) is 21.3 Å². The first-order chi connectivity index (χ1) is 12.7. The van der Waals surface area contributed by atoms with Gasteiger partial charge in [-0.1, -0.05) is 42.1 Å². The number of benzene rings is 2. The van der Waals surface area contributed by atoms with Gasteiger partial charge >= 0.3 is 5.16 Å². The lowest BCUT2D eigenvalue weighted by atomic mass is 10.2. The van der Waals surface area contributed by atoms with Crippen molar-refractivity contribution in [1.82, 2.24) is 4.98 Å². The van der Waals surface area contributed by atoms with Gasteiger partial charge in [0, 0.05) is 24.1 Å². The van der Waals surface area contributed by atoms with Crippen molar-refractivity contribution in [3.63, 3.8) is 0 Å². The second-order valence-corrected chi connectivity index (χ2v) is 7.93. The summed E-state index contributed by atoms with van der Waals surface area (Å²) in [5.74, 6) is 0. The molecule has 0 radical (unpaired) electrons. The van der Waals surface area contributed by atoms with Crippen LogP contribution >= 0.6 is 23.5 Å². The fraction of sp³-hybridized carbons (Fsp3) is 0.143. The minimum Gasteiger partial charge on any atom is -0.338 e. The zero-order valence-corrected chi connectivity index (χ0v) is 16.6. The van der Waals surface area contributed by atoms with Crippen molar-refractivity contribution in [2.24, 2.45) is 0 Å². The zero-order valence-electron chi connectivity index (χ0n) is 15.0. The molecule has 0 saturated carbocycles. The van der Waals surface area contributed by atoms with Crippen LogP contribution in [0.2, 0.25) is 0 Å². The van der Waals surface area contributed by atoms with Crippen LogP contribution in [0.25, 0.3) is 11.8 Å². The normalized spacial score (nSPS) is 14.7. The minimum absolute atomic E-state index is 0.987. The van der Waals surface area contributed by atoms with Crippen LogP contribution in [-0.4, -0.2) is 18.3 Å². The van der Waals surface area contributed by atoms with Gasteiger partial charge in [-0.05, 0) is 54.2 Å². The Balaban J connectivity index is 1.74. The van der Waals surface area contributed by atoms with E-state index in [-0.39, 0.29) is 0 Å². The quantitative estimate of drug-likeness (QED) is 0.366. The molecule has 130 valence electrons. The number of anilines is 1. The average molecular weight is 379 g/mol. The molecule has 2 heterocycles. The Morgan fingerprint density at radius 3 is 2.54 bits per heavy atom. The molecule has 1 aromatic heterocycles. The summed E-state index contributed by atoms with van der Waals surface area (Å²) < 4.78 is 2.20. The van der Waals surface area contributed by atoms with Gasteiger partial charge in [-0.3, -0.25) is 0 Å². The number of hydrogen-bond donors (Lipinski definition) is 0. The Bertz CT molecular complexity index is 984. The lowest BCUT2D eigenvalue weighted by Crippen LogP contribution is -2.38. The molecule has 0 fully saturated rings. The molecular formula is C21H20N3S2+. The smallest absolute Gasteiger partial charge is 0.338 e. The maximum Gasteiger partial charge on any atom is 0.364 e. The summed E-state index contributed by atoms with van der Waals surface area (Å²) in [6.45, 7) is 2.14. The van der Waals surface area contributed by atoms with Gasteiger partial charge in [-0.2, -0.15) is 4.57 Å². The standard InChI is InChI=1S/C21H20N3S2/c1-15-13-16(14-20-23(2)18-11-7-8-12-19(18)26-20)22-21(25-3)24(15)17-9-5-4-6-10-17/h4-14H,1-3H3/q+1. The number of thioether (sulfide) groups is 2. The number of aromatic nitrogens is 2. The van der Waals surface area contributed by atoms with Crippen molar-refractivity contribution in [2.75, 3.05) is 18.2 Å². The number of nitrogens with zero attached hydrogens (tertiary/aromatic N) is 3. The van der Waals surface area contributed by atoms with E-state index in [4.69, 9.17) is 4.98 Å². The zero-order chi connectivity index (χ0) is 18.1. The third-order valence-corrected chi connectivity index (χ3v) is 6.17. The van der Waals surface area contributed by atoms with Gasteiger partial charge in [0.15, 0.2) is 5.69 Å². The highest BCUT2D eigenvalue weighted by Gasteiger charge is 2.24. The fourth-order valence-electron chi connectivity index (χ4n) is 3.10. The van der Waals surface area contributed by atoms with E-state index >= 15 is 0 Å². The van der Waals surface area contributed by atoms with E-state index in [0.29, 0.717) is 0 Å². The SMILES string of the molecule is CSc1nc(/C=C2\Sc3ccccc3N2C)cc(C)[n+]1-c1ccccc1. The molecule has 0 N–H and O–H groups in total. The Morgan fingerprint density at radius 2 is 1.81 bits per heavy atom. The van der Waals surface area contributed by atoms with Crippen molar-refractivity contribution in [3.8, 4) is 5.69 Å². The number of para-hydroxylation sites is 2. The second kappa shape index (κ2) is 7.17. The minimum atomic E-state index is 0.987. The molecule has 0 unspecified atom stereocenters. The van der Waals surface area contributed by atoms with Gasteiger partial charge in [0.05, 0.1) is 10.7 Å². The molecule has 3 aromatic rings. The Kier molecular flexibility index (Phi) is 4.74. The molecule has 0 spiro atoms. The van der Waals surface area contributed by atoms with Gasteiger partial charge in [-0.15, -0.1) is 0 Å². The maximum absolute atomic E-state index is 4.90. The highest BCUT2D eigenvalue weighted by molar-refractivity contribution is 8.03. The van der Waals surface area contributed by atoms with Gasteiger partial charge < -0.3 is 4.90 Å². The largest absolute Gasteiger partial charge is 0.364 e. The molecular weight excluding hydrogens is 358 g/mol. The van der Waals surface area contributed by atoms with Crippen LogP contribution in [-0.2, 0) is 0 Å². The number of fused-ring (bicyclic) bond motifs is 1. The van der Waals surface area contributed by atoms with Crippen LogP contribution in [0.5, 0.6) is 0 Å². The van der Waals surface area contributed by atoms with E-state index in [1.54, 1.807) is 23.5 Å². The maximum atomic E-state index is 4.90. The van der Waals surface area contributed by atoms with Crippen molar-refractivity contribution < 1.29 is 4.57 Å². The molecule has 26 heavy (non-hydrogen) atoms. The predicted octanol–water partition coefficient (Wildman–Crippen LogP) is 4.93. The van der Waals surface area contributed by atoms with Crippen molar-refractivity contribution in [1.29, 1.82) is 0 Å². The van der Waals surface area contributed by atoms with Gasteiger partial charge in [0.2, 0.25) is 0 Å². The summed E-state index contributed by atoms with van der Waals surface area (Å²) in [7, 11) is 2.11. The topological polar surface area (TPSA) is 20.0 Å². The first kappa shape index (κ1) is 17.2. The van der Waals surface area contributed by atoms with Crippen molar-refractivity contribution in [3.05, 3.63) is 77.1 Å². The molecule has 5 heteroatoms.